The molecule has 1 fully saturated rings. The lowest BCUT2D eigenvalue weighted by Crippen LogP contribution is -2.36. The van der Waals surface area contributed by atoms with E-state index in [4.69, 9.17) is 4.98 Å². The quantitative estimate of drug-likeness (QED) is 0.827. The normalized spacial score (nSPS) is 16.4. The Balaban J connectivity index is 2.05. The summed E-state index contributed by atoms with van der Waals surface area (Å²) in [5.41, 5.74) is 1.19. The second kappa shape index (κ2) is 7.25. The first-order chi connectivity index (χ1) is 9.20. The summed E-state index contributed by atoms with van der Waals surface area (Å²) in [6.07, 6.45) is 5.45. The van der Waals surface area contributed by atoms with Gasteiger partial charge in [0.2, 0.25) is 0 Å². The Morgan fingerprint density at radius 2 is 2.16 bits per heavy atom. The molecule has 0 spiro atoms. The molecule has 2 rings (SSSR count). The molecule has 0 bridgehead atoms. The number of aromatic nitrogens is 1. The van der Waals surface area contributed by atoms with E-state index < -0.39 is 0 Å². The highest BCUT2D eigenvalue weighted by atomic mass is 32.1. The van der Waals surface area contributed by atoms with E-state index in [1.807, 2.05) is 11.3 Å². The molecule has 1 N–H and O–H groups in total. The Kier molecular flexibility index (Phi) is 5.64. The van der Waals surface area contributed by atoms with E-state index >= 15 is 0 Å². The van der Waals surface area contributed by atoms with Crippen LogP contribution in [-0.4, -0.2) is 24.1 Å². The monoisotopic (exact) mass is 281 g/mol. The molecule has 0 aromatic carbocycles. The summed E-state index contributed by atoms with van der Waals surface area (Å²) in [6.45, 7) is 9.78. The summed E-state index contributed by atoms with van der Waals surface area (Å²) in [6, 6.07) is 0.723. The van der Waals surface area contributed by atoms with Crippen molar-refractivity contribution >= 4 is 16.5 Å². The molecule has 19 heavy (non-hydrogen) atoms. The maximum Gasteiger partial charge on any atom is 0.185 e. The Morgan fingerprint density at radius 3 is 2.79 bits per heavy atom. The first kappa shape index (κ1) is 14.8. The molecule has 1 heterocycles. The third-order valence-electron chi connectivity index (χ3n) is 3.67. The van der Waals surface area contributed by atoms with Crippen LogP contribution in [0.5, 0.6) is 0 Å². The van der Waals surface area contributed by atoms with Crippen LogP contribution in [0.4, 0.5) is 5.13 Å². The number of nitrogens with one attached hydrogen (secondary N) is 1. The Labute approximate surface area is 121 Å². The van der Waals surface area contributed by atoms with Crippen LogP contribution in [0.25, 0.3) is 0 Å². The van der Waals surface area contributed by atoms with Gasteiger partial charge in [-0.3, -0.25) is 0 Å². The molecule has 1 saturated carbocycles. The van der Waals surface area contributed by atoms with Gasteiger partial charge in [0.25, 0.3) is 0 Å². The standard InChI is InChI=1S/C15H27N3S/c1-4-16-9-13-11-19-15(17-13)18(10-12(2)3)14-7-5-6-8-14/h11-12,14,16H,4-10H2,1-3H3. The van der Waals surface area contributed by atoms with Crippen LogP contribution in [0.15, 0.2) is 5.38 Å². The molecule has 0 aliphatic heterocycles. The highest BCUT2D eigenvalue weighted by Crippen LogP contribution is 2.31. The van der Waals surface area contributed by atoms with E-state index in [9.17, 15) is 0 Å². The molecular weight excluding hydrogens is 254 g/mol. The van der Waals surface area contributed by atoms with E-state index in [1.54, 1.807) is 0 Å². The first-order valence-electron chi connectivity index (χ1n) is 7.62. The average Bonchev–Trinajstić information content (AvgIpc) is 3.04. The Morgan fingerprint density at radius 1 is 1.42 bits per heavy atom. The third kappa shape index (κ3) is 4.18. The molecule has 0 atom stereocenters. The molecule has 3 nitrogen and oxygen atoms in total. The van der Waals surface area contributed by atoms with Crippen molar-refractivity contribution < 1.29 is 0 Å². The van der Waals surface area contributed by atoms with Crippen LogP contribution < -0.4 is 10.2 Å². The zero-order chi connectivity index (χ0) is 13.7. The third-order valence-corrected chi connectivity index (χ3v) is 4.60. The van der Waals surface area contributed by atoms with Crippen molar-refractivity contribution in [1.29, 1.82) is 0 Å². The van der Waals surface area contributed by atoms with Crippen LogP contribution in [0.3, 0.4) is 0 Å². The zero-order valence-corrected chi connectivity index (χ0v) is 13.3. The largest absolute Gasteiger partial charge is 0.345 e. The van der Waals surface area contributed by atoms with Gasteiger partial charge >= 0.3 is 0 Å². The maximum atomic E-state index is 4.83. The second-order valence-corrected chi connectivity index (χ2v) is 6.72. The van der Waals surface area contributed by atoms with Gasteiger partial charge in [-0.1, -0.05) is 33.6 Å². The SMILES string of the molecule is CCNCc1csc(N(CC(C)C)C2CCCC2)n1. The smallest absolute Gasteiger partial charge is 0.185 e. The van der Waals surface area contributed by atoms with Gasteiger partial charge in [0.05, 0.1) is 5.69 Å². The van der Waals surface area contributed by atoms with E-state index in [1.165, 1.54) is 36.5 Å². The van der Waals surface area contributed by atoms with Crippen LogP contribution in [0.2, 0.25) is 0 Å². The van der Waals surface area contributed by atoms with E-state index in [0.717, 1.165) is 25.7 Å². The van der Waals surface area contributed by atoms with Crippen LogP contribution in [0.1, 0.15) is 52.1 Å². The van der Waals surface area contributed by atoms with E-state index in [2.05, 4.69) is 36.4 Å². The van der Waals surface area contributed by atoms with E-state index in [0.29, 0.717) is 5.92 Å². The maximum absolute atomic E-state index is 4.83. The summed E-state index contributed by atoms with van der Waals surface area (Å²) < 4.78 is 0. The van der Waals surface area contributed by atoms with Crippen LogP contribution in [-0.2, 0) is 6.54 Å². The highest BCUT2D eigenvalue weighted by Gasteiger charge is 2.25. The lowest BCUT2D eigenvalue weighted by Gasteiger charge is -2.30. The number of hydrogen-bond donors (Lipinski definition) is 1. The molecule has 0 unspecified atom stereocenters. The minimum absolute atomic E-state index is 0.696. The van der Waals surface area contributed by atoms with Gasteiger partial charge in [-0.05, 0) is 25.3 Å². The summed E-state index contributed by atoms with van der Waals surface area (Å²) in [5, 5.41) is 6.79. The Hall–Kier alpha value is -0.610. The number of nitrogens with zero attached hydrogens (tertiary/aromatic N) is 2. The molecule has 0 amide bonds. The van der Waals surface area contributed by atoms with Gasteiger partial charge in [0.15, 0.2) is 5.13 Å². The predicted molar refractivity (Wildman–Crippen MR) is 83.9 cm³/mol. The number of hydrogen-bond acceptors (Lipinski definition) is 4. The molecule has 0 radical (unpaired) electrons. The van der Waals surface area contributed by atoms with Crippen molar-refractivity contribution in [3.8, 4) is 0 Å². The van der Waals surface area contributed by atoms with Crippen molar-refractivity contribution in [3.05, 3.63) is 11.1 Å². The lowest BCUT2D eigenvalue weighted by molar-refractivity contribution is 0.534. The second-order valence-electron chi connectivity index (χ2n) is 5.89. The Bertz CT molecular complexity index is 369. The van der Waals surface area contributed by atoms with Crippen molar-refractivity contribution in [2.24, 2.45) is 5.92 Å². The molecule has 0 saturated heterocycles. The lowest BCUT2D eigenvalue weighted by atomic mass is 10.1. The van der Waals surface area contributed by atoms with Gasteiger partial charge in [0, 0.05) is 24.5 Å². The molecule has 4 heteroatoms. The van der Waals surface area contributed by atoms with Crippen LogP contribution >= 0.6 is 11.3 Å². The average molecular weight is 281 g/mol. The van der Waals surface area contributed by atoms with Crippen LogP contribution in [0, 0.1) is 5.92 Å². The fourth-order valence-electron chi connectivity index (χ4n) is 2.76. The van der Waals surface area contributed by atoms with Gasteiger partial charge in [-0.15, -0.1) is 11.3 Å². The fraction of sp³-hybridized carbons (Fsp3) is 0.800. The number of thiazole rings is 1. The summed E-state index contributed by atoms with van der Waals surface area (Å²) in [4.78, 5) is 7.39. The minimum Gasteiger partial charge on any atom is -0.345 e. The summed E-state index contributed by atoms with van der Waals surface area (Å²) in [5.74, 6) is 0.696. The van der Waals surface area contributed by atoms with E-state index in [-0.39, 0.29) is 0 Å². The fourth-order valence-corrected chi connectivity index (χ4v) is 3.66. The topological polar surface area (TPSA) is 28.2 Å². The van der Waals surface area contributed by atoms with Crippen molar-refractivity contribution in [2.75, 3.05) is 18.0 Å². The summed E-state index contributed by atoms with van der Waals surface area (Å²) >= 11 is 1.81. The highest BCUT2D eigenvalue weighted by molar-refractivity contribution is 7.13. The van der Waals surface area contributed by atoms with Crippen molar-refractivity contribution in [1.82, 2.24) is 10.3 Å². The molecule has 1 aliphatic carbocycles. The van der Waals surface area contributed by atoms with Gasteiger partial charge < -0.3 is 10.2 Å². The number of rotatable bonds is 7. The molecular formula is C15H27N3S. The predicted octanol–water partition coefficient (Wildman–Crippen LogP) is 3.66. The first-order valence-corrected chi connectivity index (χ1v) is 8.50. The molecule has 1 aromatic heterocycles. The summed E-state index contributed by atoms with van der Waals surface area (Å²) in [7, 11) is 0. The molecule has 1 aliphatic rings. The number of anilines is 1. The van der Waals surface area contributed by atoms with Gasteiger partial charge in [-0.2, -0.15) is 0 Å². The molecule has 1 aromatic rings. The molecule has 108 valence electrons. The van der Waals surface area contributed by atoms with Crippen molar-refractivity contribution in [3.63, 3.8) is 0 Å². The van der Waals surface area contributed by atoms with Gasteiger partial charge in [-0.25, -0.2) is 4.98 Å². The van der Waals surface area contributed by atoms with Gasteiger partial charge in [0.1, 0.15) is 0 Å². The minimum atomic E-state index is 0.696. The van der Waals surface area contributed by atoms with Crippen molar-refractivity contribution in [2.45, 2.75) is 59.0 Å². The zero-order valence-electron chi connectivity index (χ0n) is 12.5.